The lowest BCUT2D eigenvalue weighted by Crippen LogP contribution is -2.42. The van der Waals surface area contributed by atoms with Crippen LogP contribution in [0.2, 0.25) is 5.02 Å². The van der Waals surface area contributed by atoms with Crippen LogP contribution < -0.4 is 5.32 Å². The van der Waals surface area contributed by atoms with Gasteiger partial charge in [0.1, 0.15) is 5.82 Å². The SMILES string of the molecule is CNC(Cc1ccc(F)cc1Cl)C(OC)C1CC1. The number of halogens is 2. The Balaban J connectivity index is 2.09. The highest BCUT2D eigenvalue weighted by Gasteiger charge is 2.36. The molecule has 2 unspecified atom stereocenters. The first-order chi connectivity index (χ1) is 8.65. The van der Waals surface area contributed by atoms with E-state index in [4.69, 9.17) is 16.3 Å². The molecule has 0 spiro atoms. The number of rotatable bonds is 6. The summed E-state index contributed by atoms with van der Waals surface area (Å²) in [4.78, 5) is 0. The van der Waals surface area contributed by atoms with E-state index in [1.807, 2.05) is 7.05 Å². The van der Waals surface area contributed by atoms with Crippen molar-refractivity contribution in [3.05, 3.63) is 34.6 Å². The monoisotopic (exact) mass is 271 g/mol. The molecule has 1 aliphatic rings. The lowest BCUT2D eigenvalue weighted by atomic mass is 9.98. The quantitative estimate of drug-likeness (QED) is 0.859. The van der Waals surface area contributed by atoms with E-state index in [1.54, 1.807) is 13.2 Å². The first kappa shape index (κ1) is 13.8. The molecule has 0 aromatic heterocycles. The molecule has 0 radical (unpaired) electrons. The number of likely N-dealkylation sites (N-methyl/N-ethyl adjacent to an activating group) is 1. The van der Waals surface area contributed by atoms with E-state index in [0.29, 0.717) is 10.9 Å². The number of hydrogen-bond acceptors (Lipinski definition) is 2. The first-order valence-corrected chi connectivity index (χ1v) is 6.67. The van der Waals surface area contributed by atoms with Gasteiger partial charge < -0.3 is 10.1 Å². The minimum absolute atomic E-state index is 0.205. The van der Waals surface area contributed by atoms with Crippen LogP contribution in [0.5, 0.6) is 0 Å². The summed E-state index contributed by atoms with van der Waals surface area (Å²) in [6.07, 6.45) is 3.42. The van der Waals surface area contributed by atoms with Crippen molar-refractivity contribution in [2.24, 2.45) is 5.92 Å². The molecule has 4 heteroatoms. The summed E-state index contributed by atoms with van der Waals surface area (Å²) in [5, 5.41) is 3.77. The number of nitrogens with one attached hydrogen (secondary N) is 1. The highest BCUT2D eigenvalue weighted by atomic mass is 35.5. The van der Waals surface area contributed by atoms with Gasteiger partial charge in [-0.25, -0.2) is 4.39 Å². The smallest absolute Gasteiger partial charge is 0.124 e. The molecule has 1 aliphatic carbocycles. The Morgan fingerprint density at radius 3 is 2.72 bits per heavy atom. The molecule has 1 aromatic rings. The average molecular weight is 272 g/mol. The Hall–Kier alpha value is -0.640. The zero-order chi connectivity index (χ0) is 13.1. The second kappa shape index (κ2) is 6.00. The van der Waals surface area contributed by atoms with Gasteiger partial charge in [-0.15, -0.1) is 0 Å². The molecule has 0 amide bonds. The van der Waals surface area contributed by atoms with E-state index in [2.05, 4.69) is 5.32 Å². The molecule has 0 saturated heterocycles. The molecule has 0 bridgehead atoms. The summed E-state index contributed by atoms with van der Waals surface area (Å²) < 4.78 is 18.6. The van der Waals surface area contributed by atoms with E-state index in [-0.39, 0.29) is 18.0 Å². The van der Waals surface area contributed by atoms with Crippen molar-refractivity contribution in [1.29, 1.82) is 0 Å². The van der Waals surface area contributed by atoms with E-state index in [0.717, 1.165) is 12.0 Å². The van der Waals surface area contributed by atoms with Gasteiger partial charge in [0.2, 0.25) is 0 Å². The van der Waals surface area contributed by atoms with Gasteiger partial charge in [-0.2, -0.15) is 0 Å². The van der Waals surface area contributed by atoms with Crippen LogP contribution in [0.25, 0.3) is 0 Å². The van der Waals surface area contributed by atoms with Crippen LogP contribution in [0, 0.1) is 11.7 Å². The van der Waals surface area contributed by atoms with E-state index < -0.39 is 0 Å². The molecule has 2 atom stereocenters. The van der Waals surface area contributed by atoms with Gasteiger partial charge in [0.25, 0.3) is 0 Å². The van der Waals surface area contributed by atoms with Crippen molar-refractivity contribution in [2.45, 2.75) is 31.4 Å². The maximum atomic E-state index is 13.0. The first-order valence-electron chi connectivity index (χ1n) is 6.29. The van der Waals surface area contributed by atoms with Crippen LogP contribution in [0.15, 0.2) is 18.2 Å². The lowest BCUT2D eigenvalue weighted by Gasteiger charge is -2.26. The molecule has 0 heterocycles. The topological polar surface area (TPSA) is 21.3 Å². The highest BCUT2D eigenvalue weighted by Crippen LogP contribution is 2.36. The molecular formula is C14H19ClFNO. The van der Waals surface area contributed by atoms with E-state index in [1.165, 1.54) is 25.0 Å². The Morgan fingerprint density at radius 1 is 1.50 bits per heavy atom. The Kier molecular flexibility index (Phi) is 4.60. The van der Waals surface area contributed by atoms with Gasteiger partial charge in [-0.05, 0) is 49.9 Å². The maximum Gasteiger partial charge on any atom is 0.124 e. The van der Waals surface area contributed by atoms with Crippen LogP contribution in [-0.4, -0.2) is 26.3 Å². The van der Waals surface area contributed by atoms with Crippen LogP contribution in [0.1, 0.15) is 18.4 Å². The molecule has 18 heavy (non-hydrogen) atoms. The largest absolute Gasteiger partial charge is 0.380 e. The molecule has 2 rings (SSSR count). The zero-order valence-corrected chi connectivity index (χ0v) is 11.5. The van der Waals surface area contributed by atoms with Crippen LogP contribution in [-0.2, 0) is 11.2 Å². The van der Waals surface area contributed by atoms with Gasteiger partial charge in [0.05, 0.1) is 6.10 Å². The predicted molar refractivity (Wildman–Crippen MR) is 71.5 cm³/mol. The fourth-order valence-electron chi connectivity index (χ4n) is 2.42. The van der Waals surface area contributed by atoms with Gasteiger partial charge in [-0.1, -0.05) is 17.7 Å². The second-order valence-electron chi connectivity index (χ2n) is 4.87. The van der Waals surface area contributed by atoms with Crippen molar-refractivity contribution < 1.29 is 9.13 Å². The normalized spacial score (nSPS) is 18.7. The van der Waals surface area contributed by atoms with Crippen molar-refractivity contribution in [1.82, 2.24) is 5.32 Å². The Bertz CT molecular complexity index is 409. The minimum atomic E-state index is -0.296. The summed E-state index contributed by atoms with van der Waals surface area (Å²) in [5.41, 5.74) is 0.958. The molecule has 1 saturated carbocycles. The molecular weight excluding hydrogens is 253 g/mol. The Labute approximate surface area is 112 Å². The molecule has 1 aromatic carbocycles. The highest BCUT2D eigenvalue weighted by molar-refractivity contribution is 6.31. The number of methoxy groups -OCH3 is 1. The third-order valence-electron chi connectivity index (χ3n) is 3.58. The summed E-state index contributed by atoms with van der Waals surface area (Å²) in [6.45, 7) is 0. The summed E-state index contributed by atoms with van der Waals surface area (Å²) >= 11 is 6.07. The number of benzene rings is 1. The fraction of sp³-hybridized carbons (Fsp3) is 0.571. The van der Waals surface area contributed by atoms with Crippen molar-refractivity contribution >= 4 is 11.6 Å². The fourth-order valence-corrected chi connectivity index (χ4v) is 2.66. The number of ether oxygens (including phenoxy) is 1. The van der Waals surface area contributed by atoms with Gasteiger partial charge in [0.15, 0.2) is 0 Å². The predicted octanol–water partition coefficient (Wildman–Crippen LogP) is 3.03. The third kappa shape index (κ3) is 3.22. The van der Waals surface area contributed by atoms with Crippen LogP contribution in [0.4, 0.5) is 4.39 Å². The van der Waals surface area contributed by atoms with Crippen molar-refractivity contribution in [3.8, 4) is 0 Å². The second-order valence-corrected chi connectivity index (χ2v) is 5.28. The van der Waals surface area contributed by atoms with Crippen LogP contribution in [0.3, 0.4) is 0 Å². The van der Waals surface area contributed by atoms with E-state index in [9.17, 15) is 4.39 Å². The summed E-state index contributed by atoms with van der Waals surface area (Å²) in [5.74, 6) is 0.349. The van der Waals surface area contributed by atoms with Gasteiger partial charge >= 0.3 is 0 Å². The van der Waals surface area contributed by atoms with Crippen LogP contribution >= 0.6 is 11.6 Å². The third-order valence-corrected chi connectivity index (χ3v) is 3.93. The minimum Gasteiger partial charge on any atom is -0.380 e. The van der Waals surface area contributed by atoms with Crippen molar-refractivity contribution in [2.75, 3.05) is 14.2 Å². The Morgan fingerprint density at radius 2 is 2.22 bits per heavy atom. The zero-order valence-electron chi connectivity index (χ0n) is 10.7. The molecule has 100 valence electrons. The maximum absolute atomic E-state index is 13.0. The van der Waals surface area contributed by atoms with Gasteiger partial charge in [0, 0.05) is 18.2 Å². The number of hydrogen-bond donors (Lipinski definition) is 1. The molecule has 1 fully saturated rings. The average Bonchev–Trinajstić information content (AvgIpc) is 3.16. The van der Waals surface area contributed by atoms with Gasteiger partial charge in [-0.3, -0.25) is 0 Å². The van der Waals surface area contributed by atoms with Crippen molar-refractivity contribution in [3.63, 3.8) is 0 Å². The summed E-state index contributed by atoms with van der Waals surface area (Å²) in [6, 6.07) is 4.78. The lowest BCUT2D eigenvalue weighted by molar-refractivity contribution is 0.0534. The van der Waals surface area contributed by atoms with E-state index >= 15 is 0 Å². The molecule has 0 aliphatic heterocycles. The molecule has 2 nitrogen and oxygen atoms in total. The standard InChI is InChI=1S/C14H19ClFNO/c1-17-13(14(18-2)9-3-4-9)7-10-5-6-11(16)8-12(10)15/h5-6,8-9,13-14,17H,3-4,7H2,1-2H3. The molecule has 1 N–H and O–H groups in total. The summed E-state index contributed by atoms with van der Waals surface area (Å²) in [7, 11) is 3.68.